The fourth-order valence-electron chi connectivity index (χ4n) is 2.26. The molecule has 0 aliphatic carbocycles. The number of fused-ring (bicyclic) bond motifs is 1. The molecule has 0 bridgehead atoms. The summed E-state index contributed by atoms with van der Waals surface area (Å²) in [5.74, 6) is 0.142. The summed E-state index contributed by atoms with van der Waals surface area (Å²) in [5.41, 5.74) is 0.838. The predicted octanol–water partition coefficient (Wildman–Crippen LogP) is 3.67. The molecule has 0 spiro atoms. The van der Waals surface area contributed by atoms with Crippen molar-refractivity contribution >= 4 is 16.7 Å². The van der Waals surface area contributed by atoms with E-state index >= 15 is 0 Å². The topological polar surface area (TPSA) is 38.3 Å². The van der Waals surface area contributed by atoms with E-state index in [-0.39, 0.29) is 18.3 Å². The molecule has 3 aromatic carbocycles. The van der Waals surface area contributed by atoms with Crippen LogP contribution in [0, 0.1) is 5.82 Å². The van der Waals surface area contributed by atoms with Crippen molar-refractivity contribution in [1.82, 2.24) is 5.32 Å². The van der Waals surface area contributed by atoms with E-state index < -0.39 is 0 Å². The molecule has 116 valence electrons. The third-order valence-electron chi connectivity index (χ3n) is 3.49. The van der Waals surface area contributed by atoms with Crippen molar-refractivity contribution in [1.29, 1.82) is 0 Å². The predicted molar refractivity (Wildman–Crippen MR) is 87.7 cm³/mol. The van der Waals surface area contributed by atoms with Gasteiger partial charge in [0.25, 0.3) is 5.91 Å². The fraction of sp³-hybridized carbons (Fsp3) is 0.105. The summed E-state index contributed by atoms with van der Waals surface area (Å²) < 4.78 is 18.3. The summed E-state index contributed by atoms with van der Waals surface area (Å²) in [7, 11) is 0. The fourth-order valence-corrected chi connectivity index (χ4v) is 2.26. The first-order chi connectivity index (χ1) is 11.2. The number of halogens is 1. The third kappa shape index (κ3) is 4.07. The van der Waals surface area contributed by atoms with E-state index in [1.807, 2.05) is 42.5 Å². The van der Waals surface area contributed by atoms with Crippen LogP contribution >= 0.6 is 0 Å². The number of amides is 1. The molecule has 3 aromatic rings. The lowest BCUT2D eigenvalue weighted by Crippen LogP contribution is -2.28. The highest BCUT2D eigenvalue weighted by atomic mass is 19.1. The first-order valence-corrected chi connectivity index (χ1v) is 7.33. The van der Waals surface area contributed by atoms with Crippen LogP contribution in [-0.4, -0.2) is 12.5 Å². The van der Waals surface area contributed by atoms with Gasteiger partial charge in [-0.05, 0) is 40.6 Å². The lowest BCUT2D eigenvalue weighted by atomic mass is 10.1. The number of benzene rings is 3. The van der Waals surface area contributed by atoms with Gasteiger partial charge < -0.3 is 10.1 Å². The molecule has 0 heterocycles. The minimum absolute atomic E-state index is 0.0560. The molecule has 0 fully saturated rings. The molecule has 0 aromatic heterocycles. The van der Waals surface area contributed by atoms with Crippen molar-refractivity contribution in [3.05, 3.63) is 78.1 Å². The minimum Gasteiger partial charge on any atom is -0.484 e. The number of rotatable bonds is 5. The van der Waals surface area contributed by atoms with E-state index in [4.69, 9.17) is 4.74 Å². The molecule has 0 saturated carbocycles. The molecule has 3 rings (SSSR count). The normalized spacial score (nSPS) is 10.5. The van der Waals surface area contributed by atoms with Crippen molar-refractivity contribution in [2.75, 3.05) is 6.61 Å². The summed E-state index contributed by atoms with van der Waals surface area (Å²) >= 11 is 0. The monoisotopic (exact) mass is 309 g/mol. The second kappa shape index (κ2) is 6.92. The maximum absolute atomic E-state index is 12.8. The van der Waals surface area contributed by atoms with Gasteiger partial charge in [0.2, 0.25) is 0 Å². The van der Waals surface area contributed by atoms with Gasteiger partial charge in [-0.15, -0.1) is 0 Å². The smallest absolute Gasteiger partial charge is 0.258 e. The van der Waals surface area contributed by atoms with Crippen molar-refractivity contribution in [2.24, 2.45) is 0 Å². The molecule has 4 heteroatoms. The molecular weight excluding hydrogens is 293 g/mol. The SMILES string of the molecule is O=C(COc1ccc2ccccc2c1)NCc1ccc(F)cc1. The van der Waals surface area contributed by atoms with Gasteiger partial charge in [-0.2, -0.15) is 0 Å². The molecule has 0 unspecified atom stereocenters. The maximum Gasteiger partial charge on any atom is 0.258 e. The molecular formula is C19H16FNO2. The Hall–Kier alpha value is -2.88. The first kappa shape index (κ1) is 15.0. The van der Waals surface area contributed by atoms with Gasteiger partial charge in [0.15, 0.2) is 6.61 Å². The van der Waals surface area contributed by atoms with Crippen LogP contribution in [0.25, 0.3) is 10.8 Å². The minimum atomic E-state index is -0.292. The molecule has 23 heavy (non-hydrogen) atoms. The molecule has 0 aliphatic heterocycles. The van der Waals surface area contributed by atoms with Gasteiger partial charge >= 0.3 is 0 Å². The highest BCUT2D eigenvalue weighted by molar-refractivity contribution is 5.84. The van der Waals surface area contributed by atoms with E-state index in [1.165, 1.54) is 12.1 Å². The van der Waals surface area contributed by atoms with Gasteiger partial charge in [0, 0.05) is 6.54 Å². The van der Waals surface area contributed by atoms with E-state index in [2.05, 4.69) is 5.32 Å². The quantitative estimate of drug-likeness (QED) is 0.781. The van der Waals surface area contributed by atoms with Gasteiger partial charge in [0.1, 0.15) is 11.6 Å². The van der Waals surface area contributed by atoms with Crippen LogP contribution in [0.5, 0.6) is 5.75 Å². The largest absolute Gasteiger partial charge is 0.484 e. The summed E-state index contributed by atoms with van der Waals surface area (Å²) in [6.07, 6.45) is 0. The molecule has 1 N–H and O–H groups in total. The number of ether oxygens (including phenoxy) is 1. The summed E-state index contributed by atoms with van der Waals surface area (Å²) in [6, 6.07) is 19.7. The molecule has 0 saturated heterocycles. The van der Waals surface area contributed by atoms with Crippen molar-refractivity contribution in [2.45, 2.75) is 6.54 Å². The number of carbonyl (C=O) groups is 1. The van der Waals surface area contributed by atoms with E-state index in [9.17, 15) is 9.18 Å². The standard InChI is InChI=1S/C19H16FNO2/c20-17-8-5-14(6-9-17)12-21-19(22)13-23-18-10-7-15-3-1-2-4-16(15)11-18/h1-11H,12-13H2,(H,21,22). The van der Waals surface area contributed by atoms with E-state index in [1.54, 1.807) is 12.1 Å². The van der Waals surface area contributed by atoms with Gasteiger partial charge in [-0.1, -0.05) is 42.5 Å². The first-order valence-electron chi connectivity index (χ1n) is 7.33. The molecule has 0 aliphatic rings. The summed E-state index contributed by atoms with van der Waals surface area (Å²) in [4.78, 5) is 11.8. The Bertz CT molecular complexity index is 815. The highest BCUT2D eigenvalue weighted by Gasteiger charge is 2.04. The third-order valence-corrected chi connectivity index (χ3v) is 3.49. The van der Waals surface area contributed by atoms with Crippen molar-refractivity contribution in [3.8, 4) is 5.75 Å². The van der Waals surface area contributed by atoms with Crippen LogP contribution in [0.2, 0.25) is 0 Å². The Morgan fingerprint density at radius 3 is 2.48 bits per heavy atom. The van der Waals surface area contributed by atoms with Gasteiger partial charge in [0.05, 0.1) is 0 Å². The number of hydrogen-bond acceptors (Lipinski definition) is 2. The Morgan fingerprint density at radius 2 is 1.70 bits per heavy atom. The molecule has 0 atom stereocenters. The van der Waals surface area contributed by atoms with Crippen LogP contribution in [0.4, 0.5) is 4.39 Å². The zero-order valence-corrected chi connectivity index (χ0v) is 12.5. The second-order valence-electron chi connectivity index (χ2n) is 5.20. The van der Waals surface area contributed by atoms with Crippen LogP contribution < -0.4 is 10.1 Å². The lowest BCUT2D eigenvalue weighted by molar-refractivity contribution is -0.123. The Labute approximate surface area is 133 Å². The van der Waals surface area contributed by atoms with E-state index in [0.29, 0.717) is 12.3 Å². The zero-order chi connectivity index (χ0) is 16.1. The van der Waals surface area contributed by atoms with E-state index in [0.717, 1.165) is 16.3 Å². The van der Waals surface area contributed by atoms with Crippen LogP contribution in [0.1, 0.15) is 5.56 Å². The van der Waals surface area contributed by atoms with Crippen molar-refractivity contribution < 1.29 is 13.9 Å². The van der Waals surface area contributed by atoms with Crippen molar-refractivity contribution in [3.63, 3.8) is 0 Å². The number of carbonyl (C=O) groups excluding carboxylic acids is 1. The Morgan fingerprint density at radius 1 is 0.957 bits per heavy atom. The van der Waals surface area contributed by atoms with Crippen LogP contribution in [0.15, 0.2) is 66.7 Å². The lowest BCUT2D eigenvalue weighted by Gasteiger charge is -2.08. The Kier molecular flexibility index (Phi) is 4.52. The average molecular weight is 309 g/mol. The number of hydrogen-bond donors (Lipinski definition) is 1. The molecule has 0 radical (unpaired) electrons. The van der Waals surface area contributed by atoms with Crippen LogP contribution in [0.3, 0.4) is 0 Å². The zero-order valence-electron chi connectivity index (χ0n) is 12.5. The molecule has 3 nitrogen and oxygen atoms in total. The van der Waals surface area contributed by atoms with Gasteiger partial charge in [-0.25, -0.2) is 4.39 Å². The second-order valence-corrected chi connectivity index (χ2v) is 5.20. The summed E-state index contributed by atoms with van der Waals surface area (Å²) in [5, 5.41) is 4.93. The number of nitrogens with one attached hydrogen (secondary N) is 1. The molecule has 1 amide bonds. The highest BCUT2D eigenvalue weighted by Crippen LogP contribution is 2.20. The maximum atomic E-state index is 12.8. The van der Waals surface area contributed by atoms with Crippen LogP contribution in [-0.2, 0) is 11.3 Å². The Balaban J connectivity index is 1.52. The average Bonchev–Trinajstić information content (AvgIpc) is 2.59. The van der Waals surface area contributed by atoms with Gasteiger partial charge in [-0.3, -0.25) is 4.79 Å². The summed E-state index contributed by atoms with van der Waals surface area (Å²) in [6.45, 7) is 0.291.